The summed E-state index contributed by atoms with van der Waals surface area (Å²) in [5.41, 5.74) is -0.242. The minimum absolute atomic E-state index is 0.0128. The average molecular weight is 303 g/mol. The second-order valence-electron chi connectivity index (χ2n) is 4.12. The maximum Gasteiger partial charge on any atom is 0.353 e. The van der Waals surface area contributed by atoms with Crippen molar-refractivity contribution in [3.05, 3.63) is 16.4 Å². The third-order valence-corrected chi connectivity index (χ3v) is 3.36. The SMILES string of the molecule is CCNc1ncnc(NCCCS(C)(=O)=O)c1[N+](=O)[O-]. The number of nitrogens with zero attached hydrogens (tertiary/aromatic N) is 3. The van der Waals surface area contributed by atoms with Gasteiger partial charge in [-0.05, 0) is 13.3 Å². The van der Waals surface area contributed by atoms with Gasteiger partial charge in [-0.3, -0.25) is 10.1 Å². The van der Waals surface area contributed by atoms with Crippen molar-refractivity contribution in [3.8, 4) is 0 Å². The number of rotatable bonds is 8. The number of aromatic nitrogens is 2. The van der Waals surface area contributed by atoms with E-state index in [-0.39, 0.29) is 29.6 Å². The highest BCUT2D eigenvalue weighted by atomic mass is 32.2. The highest BCUT2D eigenvalue weighted by Gasteiger charge is 2.22. The summed E-state index contributed by atoms with van der Waals surface area (Å²) in [7, 11) is -3.04. The van der Waals surface area contributed by atoms with Crippen molar-refractivity contribution in [2.45, 2.75) is 13.3 Å². The molecule has 1 aromatic rings. The molecule has 0 aliphatic heterocycles. The van der Waals surface area contributed by atoms with E-state index in [1.807, 2.05) is 0 Å². The Bertz CT molecular complexity index is 575. The molecular weight excluding hydrogens is 286 g/mol. The van der Waals surface area contributed by atoms with E-state index in [0.29, 0.717) is 13.0 Å². The Kier molecular flexibility index (Phi) is 5.62. The minimum Gasteiger partial charge on any atom is -0.364 e. The van der Waals surface area contributed by atoms with Crippen molar-refractivity contribution in [1.82, 2.24) is 9.97 Å². The highest BCUT2D eigenvalue weighted by Crippen LogP contribution is 2.28. The number of anilines is 2. The molecule has 20 heavy (non-hydrogen) atoms. The van der Waals surface area contributed by atoms with E-state index in [1.54, 1.807) is 6.92 Å². The molecule has 0 bridgehead atoms. The second kappa shape index (κ2) is 6.98. The van der Waals surface area contributed by atoms with Crippen LogP contribution in [0.3, 0.4) is 0 Å². The standard InChI is InChI=1S/C10H17N5O4S/c1-3-11-9-8(15(16)17)10(14-7-13-9)12-5-4-6-20(2,18)19/h7H,3-6H2,1-2H3,(H2,11,12,13,14). The molecule has 0 aromatic carbocycles. The Labute approximate surface area is 116 Å². The van der Waals surface area contributed by atoms with Gasteiger partial charge in [-0.15, -0.1) is 0 Å². The van der Waals surface area contributed by atoms with E-state index >= 15 is 0 Å². The molecule has 0 atom stereocenters. The largest absolute Gasteiger partial charge is 0.364 e. The normalized spacial score (nSPS) is 11.1. The fraction of sp³-hybridized carbons (Fsp3) is 0.600. The van der Waals surface area contributed by atoms with Gasteiger partial charge < -0.3 is 10.6 Å². The van der Waals surface area contributed by atoms with E-state index in [9.17, 15) is 18.5 Å². The van der Waals surface area contributed by atoms with E-state index < -0.39 is 14.8 Å². The lowest BCUT2D eigenvalue weighted by atomic mass is 10.4. The van der Waals surface area contributed by atoms with Crippen LogP contribution in [0.1, 0.15) is 13.3 Å². The highest BCUT2D eigenvalue weighted by molar-refractivity contribution is 7.90. The lowest BCUT2D eigenvalue weighted by Crippen LogP contribution is -2.13. The van der Waals surface area contributed by atoms with Crippen LogP contribution in [0.25, 0.3) is 0 Å². The van der Waals surface area contributed by atoms with Gasteiger partial charge in [0.15, 0.2) is 0 Å². The first-order chi connectivity index (χ1) is 9.35. The summed E-state index contributed by atoms with van der Waals surface area (Å²) < 4.78 is 22.0. The molecule has 0 spiro atoms. The Balaban J connectivity index is 2.79. The van der Waals surface area contributed by atoms with E-state index in [0.717, 1.165) is 6.26 Å². The molecule has 2 N–H and O–H groups in total. The van der Waals surface area contributed by atoms with Crippen LogP contribution in [0.15, 0.2) is 6.33 Å². The molecule has 0 saturated carbocycles. The first-order valence-corrected chi connectivity index (χ1v) is 8.06. The Hall–Kier alpha value is -1.97. The first-order valence-electron chi connectivity index (χ1n) is 6.00. The van der Waals surface area contributed by atoms with Crippen LogP contribution in [-0.2, 0) is 9.84 Å². The van der Waals surface area contributed by atoms with Gasteiger partial charge in [0.2, 0.25) is 11.6 Å². The van der Waals surface area contributed by atoms with E-state index in [4.69, 9.17) is 0 Å². The number of nitro groups is 1. The molecule has 112 valence electrons. The predicted octanol–water partition coefficient (Wildman–Crippen LogP) is 0.663. The van der Waals surface area contributed by atoms with Crippen LogP contribution in [0, 0.1) is 10.1 Å². The van der Waals surface area contributed by atoms with Crippen LogP contribution in [0.2, 0.25) is 0 Å². The second-order valence-corrected chi connectivity index (χ2v) is 6.38. The lowest BCUT2D eigenvalue weighted by Gasteiger charge is -2.08. The van der Waals surface area contributed by atoms with Gasteiger partial charge in [0.25, 0.3) is 0 Å². The monoisotopic (exact) mass is 303 g/mol. The minimum atomic E-state index is -3.04. The molecule has 0 amide bonds. The molecule has 0 aliphatic carbocycles. The lowest BCUT2D eigenvalue weighted by molar-refractivity contribution is -0.383. The van der Waals surface area contributed by atoms with Gasteiger partial charge in [-0.25, -0.2) is 18.4 Å². The third kappa shape index (κ3) is 4.96. The summed E-state index contributed by atoms with van der Waals surface area (Å²) >= 11 is 0. The summed E-state index contributed by atoms with van der Waals surface area (Å²) in [5.74, 6) is 0.228. The fourth-order valence-corrected chi connectivity index (χ4v) is 2.19. The van der Waals surface area contributed by atoms with Crippen LogP contribution in [0.4, 0.5) is 17.3 Å². The number of sulfone groups is 1. The maximum atomic E-state index is 11.1. The maximum absolute atomic E-state index is 11.1. The quantitative estimate of drug-likeness (QED) is 0.407. The smallest absolute Gasteiger partial charge is 0.353 e. The molecule has 0 fully saturated rings. The number of hydrogen-bond acceptors (Lipinski definition) is 8. The van der Waals surface area contributed by atoms with Crippen molar-refractivity contribution in [3.63, 3.8) is 0 Å². The van der Waals surface area contributed by atoms with Gasteiger partial charge in [-0.1, -0.05) is 0 Å². The number of hydrogen-bond donors (Lipinski definition) is 2. The zero-order chi connectivity index (χ0) is 15.2. The molecule has 0 aliphatic rings. The van der Waals surface area contributed by atoms with Crippen LogP contribution in [-0.4, -0.2) is 48.4 Å². The van der Waals surface area contributed by atoms with Crippen molar-refractivity contribution < 1.29 is 13.3 Å². The van der Waals surface area contributed by atoms with E-state index in [1.165, 1.54) is 6.33 Å². The van der Waals surface area contributed by atoms with Crippen LogP contribution >= 0.6 is 0 Å². The van der Waals surface area contributed by atoms with Gasteiger partial charge in [0, 0.05) is 19.3 Å². The average Bonchev–Trinajstić information content (AvgIpc) is 2.33. The Morgan fingerprint density at radius 2 is 1.90 bits per heavy atom. The Morgan fingerprint density at radius 1 is 1.30 bits per heavy atom. The molecule has 1 rings (SSSR count). The number of nitrogens with one attached hydrogen (secondary N) is 2. The zero-order valence-electron chi connectivity index (χ0n) is 11.3. The molecule has 10 heteroatoms. The summed E-state index contributed by atoms with van der Waals surface area (Å²) in [6.45, 7) is 2.56. The van der Waals surface area contributed by atoms with Crippen molar-refractivity contribution >= 4 is 27.2 Å². The van der Waals surface area contributed by atoms with E-state index in [2.05, 4.69) is 20.6 Å². The van der Waals surface area contributed by atoms with Crippen LogP contribution in [0.5, 0.6) is 0 Å². The third-order valence-electron chi connectivity index (χ3n) is 2.33. The fourth-order valence-electron chi connectivity index (χ4n) is 1.52. The molecular formula is C10H17N5O4S. The van der Waals surface area contributed by atoms with Gasteiger partial charge in [0.05, 0.1) is 10.7 Å². The topological polar surface area (TPSA) is 127 Å². The molecule has 1 heterocycles. The van der Waals surface area contributed by atoms with Crippen molar-refractivity contribution in [2.24, 2.45) is 0 Å². The molecule has 0 radical (unpaired) electrons. The van der Waals surface area contributed by atoms with Gasteiger partial charge in [-0.2, -0.15) is 0 Å². The van der Waals surface area contributed by atoms with Crippen LogP contribution < -0.4 is 10.6 Å². The molecule has 0 saturated heterocycles. The first kappa shape index (κ1) is 16.1. The molecule has 0 unspecified atom stereocenters. The molecule has 1 aromatic heterocycles. The van der Waals surface area contributed by atoms with Gasteiger partial charge >= 0.3 is 5.69 Å². The summed E-state index contributed by atoms with van der Waals surface area (Å²) in [6.07, 6.45) is 2.70. The van der Waals surface area contributed by atoms with Crippen molar-refractivity contribution in [2.75, 3.05) is 35.7 Å². The summed E-state index contributed by atoms with van der Waals surface area (Å²) in [5, 5.41) is 16.6. The van der Waals surface area contributed by atoms with Gasteiger partial charge in [0.1, 0.15) is 16.2 Å². The summed E-state index contributed by atoms with van der Waals surface area (Å²) in [4.78, 5) is 18.1. The summed E-state index contributed by atoms with van der Waals surface area (Å²) in [6, 6.07) is 0. The molecule has 9 nitrogen and oxygen atoms in total. The Morgan fingerprint density at radius 3 is 2.40 bits per heavy atom. The predicted molar refractivity (Wildman–Crippen MR) is 75.7 cm³/mol. The zero-order valence-corrected chi connectivity index (χ0v) is 12.1. The van der Waals surface area contributed by atoms with Crippen molar-refractivity contribution in [1.29, 1.82) is 0 Å².